The predicted octanol–water partition coefficient (Wildman–Crippen LogP) is 2.72. The largest absolute Gasteiger partial charge is 0.462 e. The summed E-state index contributed by atoms with van der Waals surface area (Å²) in [5.41, 5.74) is 14.3. The first-order valence-electron chi connectivity index (χ1n) is 7.06. The molecular formula is C15H17N5OS2. The molecule has 0 spiro atoms. The van der Waals surface area contributed by atoms with Crippen LogP contribution in [0.15, 0.2) is 39.2 Å². The van der Waals surface area contributed by atoms with Crippen LogP contribution in [0.5, 0.6) is 0 Å². The van der Waals surface area contributed by atoms with Gasteiger partial charge in [-0.05, 0) is 18.7 Å². The Labute approximate surface area is 142 Å². The van der Waals surface area contributed by atoms with Gasteiger partial charge in [-0.15, -0.1) is 11.8 Å². The van der Waals surface area contributed by atoms with Gasteiger partial charge >= 0.3 is 0 Å². The fraction of sp³-hybridized carbons (Fsp3) is 0.267. The van der Waals surface area contributed by atoms with E-state index in [0.717, 1.165) is 39.4 Å². The maximum atomic E-state index is 5.79. The molecule has 4 N–H and O–H groups in total. The Hall–Kier alpha value is -1.77. The van der Waals surface area contributed by atoms with Crippen molar-refractivity contribution in [3.63, 3.8) is 0 Å². The van der Waals surface area contributed by atoms with Crippen LogP contribution in [-0.2, 0) is 13.0 Å². The minimum absolute atomic E-state index is 0.458. The molecule has 0 aliphatic heterocycles. The van der Waals surface area contributed by atoms with E-state index < -0.39 is 0 Å². The van der Waals surface area contributed by atoms with E-state index in [1.165, 1.54) is 0 Å². The first-order chi connectivity index (χ1) is 11.2. The molecule has 23 heavy (non-hydrogen) atoms. The van der Waals surface area contributed by atoms with Crippen molar-refractivity contribution in [2.24, 2.45) is 5.73 Å². The highest BCUT2D eigenvalue weighted by molar-refractivity contribution is 7.99. The lowest BCUT2D eigenvalue weighted by Gasteiger charge is -2.04. The maximum absolute atomic E-state index is 5.79. The number of thioether (sulfide) groups is 2. The number of nitrogens with zero attached hydrogens (tertiary/aromatic N) is 3. The molecule has 6 nitrogen and oxygen atoms in total. The van der Waals surface area contributed by atoms with Gasteiger partial charge < -0.3 is 15.9 Å². The molecule has 3 aromatic rings. The minimum atomic E-state index is 0.458. The number of nitrogen functional groups attached to an aromatic ring is 1. The Morgan fingerprint density at radius 2 is 2.13 bits per heavy atom. The molecule has 0 atom stereocenters. The van der Waals surface area contributed by atoms with Gasteiger partial charge in [0.05, 0.1) is 12.5 Å². The molecular weight excluding hydrogens is 330 g/mol. The van der Waals surface area contributed by atoms with Gasteiger partial charge in [-0.25, -0.2) is 9.97 Å². The number of hydrogen-bond donors (Lipinski definition) is 2. The number of nitrogens with two attached hydrogens (primary N) is 2. The Kier molecular flexibility index (Phi) is 5.04. The predicted molar refractivity (Wildman–Crippen MR) is 94.6 cm³/mol. The molecule has 0 saturated heterocycles. The SMILES string of the molecule is CSc1cc(N)nc(SCCc2cc3c(CN)coc3cn2)n1. The minimum Gasteiger partial charge on any atom is -0.462 e. The van der Waals surface area contributed by atoms with Crippen molar-refractivity contribution in [2.45, 2.75) is 23.1 Å². The number of pyridine rings is 1. The Morgan fingerprint density at radius 1 is 1.26 bits per heavy atom. The monoisotopic (exact) mass is 347 g/mol. The molecule has 0 fully saturated rings. The van der Waals surface area contributed by atoms with Crippen LogP contribution in [0, 0.1) is 0 Å². The van der Waals surface area contributed by atoms with E-state index in [1.807, 2.05) is 12.3 Å². The molecule has 0 unspecified atom stereocenters. The Balaban J connectivity index is 1.67. The van der Waals surface area contributed by atoms with Crippen molar-refractivity contribution >= 4 is 40.3 Å². The topological polar surface area (TPSA) is 104 Å². The number of aromatic nitrogens is 3. The average molecular weight is 347 g/mol. The normalized spacial score (nSPS) is 11.2. The molecule has 120 valence electrons. The third-order valence-electron chi connectivity index (χ3n) is 3.32. The Bertz CT molecular complexity index is 821. The van der Waals surface area contributed by atoms with Crippen LogP contribution in [-0.4, -0.2) is 27.0 Å². The van der Waals surface area contributed by atoms with Gasteiger partial charge in [0.2, 0.25) is 0 Å². The zero-order valence-electron chi connectivity index (χ0n) is 12.7. The number of fused-ring (bicyclic) bond motifs is 1. The van der Waals surface area contributed by atoms with Crippen LogP contribution in [0.1, 0.15) is 11.3 Å². The first-order valence-corrected chi connectivity index (χ1v) is 9.27. The number of furan rings is 1. The van der Waals surface area contributed by atoms with E-state index in [2.05, 4.69) is 15.0 Å². The van der Waals surface area contributed by atoms with Crippen molar-refractivity contribution in [3.8, 4) is 0 Å². The molecule has 0 aromatic carbocycles. The molecule has 8 heteroatoms. The summed E-state index contributed by atoms with van der Waals surface area (Å²) in [6.45, 7) is 0.458. The highest BCUT2D eigenvalue weighted by Gasteiger charge is 2.08. The number of aryl methyl sites for hydroxylation is 1. The smallest absolute Gasteiger partial charge is 0.190 e. The van der Waals surface area contributed by atoms with Gasteiger partial charge in [0, 0.05) is 35.0 Å². The van der Waals surface area contributed by atoms with Crippen molar-refractivity contribution in [1.29, 1.82) is 0 Å². The fourth-order valence-corrected chi connectivity index (χ4v) is 3.46. The Morgan fingerprint density at radius 3 is 2.91 bits per heavy atom. The lowest BCUT2D eigenvalue weighted by Crippen LogP contribution is -1.98. The van der Waals surface area contributed by atoms with Crippen LogP contribution >= 0.6 is 23.5 Å². The maximum Gasteiger partial charge on any atom is 0.190 e. The van der Waals surface area contributed by atoms with E-state index in [1.54, 1.807) is 42.1 Å². The quantitative estimate of drug-likeness (QED) is 0.398. The summed E-state index contributed by atoms with van der Waals surface area (Å²) in [6.07, 6.45) is 6.21. The first kappa shape index (κ1) is 16.1. The standard InChI is InChI=1S/C15H17N5OS2/c1-22-14-5-13(17)19-15(20-14)23-3-2-10-4-11-9(6-16)8-21-12(11)7-18-10/h4-5,7-8H,2-3,6,16H2,1H3,(H2,17,19,20). The van der Waals surface area contributed by atoms with Gasteiger partial charge in [0.15, 0.2) is 10.7 Å². The summed E-state index contributed by atoms with van der Waals surface area (Å²) >= 11 is 3.13. The zero-order chi connectivity index (χ0) is 16.2. The number of hydrogen-bond acceptors (Lipinski definition) is 8. The van der Waals surface area contributed by atoms with E-state index in [-0.39, 0.29) is 0 Å². The van der Waals surface area contributed by atoms with Gasteiger partial charge in [0.1, 0.15) is 10.8 Å². The molecule has 0 saturated carbocycles. The van der Waals surface area contributed by atoms with Crippen LogP contribution < -0.4 is 11.5 Å². The molecule has 0 amide bonds. The van der Waals surface area contributed by atoms with Crippen molar-refractivity contribution in [2.75, 3.05) is 17.7 Å². The van der Waals surface area contributed by atoms with E-state index in [0.29, 0.717) is 17.5 Å². The molecule has 3 heterocycles. The van der Waals surface area contributed by atoms with Crippen molar-refractivity contribution < 1.29 is 4.42 Å². The third kappa shape index (κ3) is 3.77. The lowest BCUT2D eigenvalue weighted by atomic mass is 10.1. The summed E-state index contributed by atoms with van der Waals surface area (Å²) in [5, 5.41) is 2.61. The molecule has 0 radical (unpaired) electrons. The second kappa shape index (κ2) is 7.20. The lowest BCUT2D eigenvalue weighted by molar-refractivity contribution is 0.609. The highest BCUT2D eigenvalue weighted by atomic mass is 32.2. The molecule has 3 aromatic heterocycles. The summed E-state index contributed by atoms with van der Waals surface area (Å²) in [7, 11) is 0. The highest BCUT2D eigenvalue weighted by Crippen LogP contribution is 2.23. The second-order valence-electron chi connectivity index (χ2n) is 4.85. The second-order valence-corrected chi connectivity index (χ2v) is 6.74. The number of rotatable bonds is 6. The van der Waals surface area contributed by atoms with Crippen LogP contribution in [0.3, 0.4) is 0 Å². The van der Waals surface area contributed by atoms with Gasteiger partial charge in [-0.1, -0.05) is 11.8 Å². The van der Waals surface area contributed by atoms with Gasteiger partial charge in [-0.3, -0.25) is 4.98 Å². The zero-order valence-corrected chi connectivity index (χ0v) is 14.3. The van der Waals surface area contributed by atoms with Gasteiger partial charge in [-0.2, -0.15) is 0 Å². The van der Waals surface area contributed by atoms with Crippen molar-refractivity contribution in [1.82, 2.24) is 15.0 Å². The molecule has 0 bridgehead atoms. The van der Waals surface area contributed by atoms with Crippen LogP contribution in [0.25, 0.3) is 11.0 Å². The van der Waals surface area contributed by atoms with E-state index in [4.69, 9.17) is 15.9 Å². The molecule has 0 aliphatic rings. The molecule has 3 rings (SSSR count). The van der Waals surface area contributed by atoms with E-state index >= 15 is 0 Å². The average Bonchev–Trinajstić information content (AvgIpc) is 2.96. The summed E-state index contributed by atoms with van der Waals surface area (Å²) in [5.74, 6) is 1.32. The summed E-state index contributed by atoms with van der Waals surface area (Å²) < 4.78 is 5.42. The van der Waals surface area contributed by atoms with E-state index in [9.17, 15) is 0 Å². The fourth-order valence-electron chi connectivity index (χ4n) is 2.16. The van der Waals surface area contributed by atoms with Gasteiger partial charge in [0.25, 0.3) is 0 Å². The van der Waals surface area contributed by atoms with Crippen molar-refractivity contribution in [3.05, 3.63) is 35.9 Å². The number of anilines is 1. The summed E-state index contributed by atoms with van der Waals surface area (Å²) in [6, 6.07) is 3.81. The summed E-state index contributed by atoms with van der Waals surface area (Å²) in [4.78, 5) is 13.1. The third-order valence-corrected chi connectivity index (χ3v) is 4.79. The molecule has 0 aliphatic carbocycles. The van der Waals surface area contributed by atoms with Crippen LogP contribution in [0.4, 0.5) is 5.82 Å². The van der Waals surface area contributed by atoms with Crippen LogP contribution in [0.2, 0.25) is 0 Å².